The van der Waals surface area contributed by atoms with Crippen LogP contribution in [0.2, 0.25) is 0 Å². The second kappa shape index (κ2) is 11.7. The van der Waals surface area contributed by atoms with Crippen LogP contribution >= 0.6 is 31.9 Å². The average Bonchev–Trinajstić information content (AvgIpc) is 2.74. The predicted octanol–water partition coefficient (Wildman–Crippen LogP) is 4.83. The molecule has 2 N–H and O–H groups in total. The summed E-state index contributed by atoms with van der Waals surface area (Å²) in [6, 6.07) is 11.2. The predicted molar refractivity (Wildman–Crippen MR) is 131 cm³/mol. The van der Waals surface area contributed by atoms with Gasteiger partial charge in [-0.2, -0.15) is 0 Å². The molecule has 0 saturated heterocycles. The molecular weight excluding hydrogens is 540 g/mol. The molecule has 2 atom stereocenters. The zero-order valence-electron chi connectivity index (χ0n) is 18.3. The minimum atomic E-state index is -0.205. The van der Waals surface area contributed by atoms with Crippen molar-refractivity contribution >= 4 is 43.7 Å². The van der Waals surface area contributed by atoms with Crippen LogP contribution in [0.5, 0.6) is 11.5 Å². The average molecular weight is 568 g/mol. The third-order valence-electron chi connectivity index (χ3n) is 5.35. The van der Waals surface area contributed by atoms with Crippen LogP contribution < -0.4 is 20.1 Å². The van der Waals surface area contributed by atoms with E-state index in [0.717, 1.165) is 45.8 Å². The Hall–Kier alpha value is -2.06. The second-order valence-electron chi connectivity index (χ2n) is 8.08. The summed E-state index contributed by atoms with van der Waals surface area (Å²) in [6.07, 6.45) is 3.65. The maximum atomic E-state index is 12.5. The van der Waals surface area contributed by atoms with E-state index >= 15 is 0 Å². The summed E-state index contributed by atoms with van der Waals surface area (Å²) in [5.41, 5.74) is 2.21. The van der Waals surface area contributed by atoms with Crippen LogP contribution in [0.4, 0.5) is 0 Å². The van der Waals surface area contributed by atoms with Crippen LogP contribution in [-0.4, -0.2) is 37.1 Å². The van der Waals surface area contributed by atoms with Gasteiger partial charge < -0.3 is 20.1 Å². The Morgan fingerprint density at radius 1 is 0.812 bits per heavy atom. The van der Waals surface area contributed by atoms with Gasteiger partial charge in [-0.3, -0.25) is 9.59 Å². The monoisotopic (exact) mass is 566 g/mol. The highest BCUT2D eigenvalue weighted by Crippen LogP contribution is 2.26. The minimum Gasteiger partial charge on any atom is -0.483 e. The van der Waals surface area contributed by atoms with E-state index in [9.17, 15) is 9.59 Å². The maximum Gasteiger partial charge on any atom is 0.258 e. The molecule has 2 amide bonds. The highest BCUT2D eigenvalue weighted by molar-refractivity contribution is 9.10. The first kappa shape index (κ1) is 24.6. The third-order valence-corrected chi connectivity index (χ3v) is 6.59. The van der Waals surface area contributed by atoms with Gasteiger partial charge in [-0.1, -0.05) is 25.0 Å². The second-order valence-corrected chi connectivity index (χ2v) is 9.79. The molecule has 0 bridgehead atoms. The number of carbonyl (C=O) groups excluding carboxylic acids is 2. The third kappa shape index (κ3) is 7.24. The van der Waals surface area contributed by atoms with Gasteiger partial charge >= 0.3 is 0 Å². The molecule has 32 heavy (non-hydrogen) atoms. The molecule has 3 rings (SSSR count). The van der Waals surface area contributed by atoms with Gasteiger partial charge in [0.05, 0.1) is 8.95 Å². The molecule has 1 fully saturated rings. The quantitative estimate of drug-likeness (QED) is 0.479. The van der Waals surface area contributed by atoms with Gasteiger partial charge in [-0.05, 0) is 93.9 Å². The summed E-state index contributed by atoms with van der Waals surface area (Å²) < 4.78 is 12.9. The molecule has 1 aliphatic rings. The van der Waals surface area contributed by atoms with Gasteiger partial charge in [0.25, 0.3) is 11.8 Å². The normalized spacial score (nSPS) is 18.0. The van der Waals surface area contributed by atoms with Crippen LogP contribution in [0.25, 0.3) is 0 Å². The van der Waals surface area contributed by atoms with E-state index in [1.165, 1.54) is 0 Å². The first-order valence-corrected chi connectivity index (χ1v) is 12.3. The van der Waals surface area contributed by atoms with E-state index in [1.807, 2.05) is 50.2 Å². The number of carbonyl (C=O) groups is 2. The number of hydrogen-bond acceptors (Lipinski definition) is 4. The van der Waals surface area contributed by atoms with E-state index in [0.29, 0.717) is 11.5 Å². The van der Waals surface area contributed by atoms with Crippen LogP contribution in [0, 0.1) is 13.8 Å². The zero-order chi connectivity index (χ0) is 23.1. The Bertz CT molecular complexity index is 890. The summed E-state index contributed by atoms with van der Waals surface area (Å²) >= 11 is 6.91. The van der Waals surface area contributed by atoms with Gasteiger partial charge in [0, 0.05) is 12.1 Å². The van der Waals surface area contributed by atoms with Crippen molar-refractivity contribution in [2.24, 2.45) is 0 Å². The van der Waals surface area contributed by atoms with Crippen molar-refractivity contribution in [3.63, 3.8) is 0 Å². The number of nitrogens with one attached hydrogen (secondary N) is 2. The topological polar surface area (TPSA) is 76.7 Å². The molecule has 0 heterocycles. The zero-order valence-corrected chi connectivity index (χ0v) is 21.4. The minimum absolute atomic E-state index is 0.0800. The Balaban J connectivity index is 1.48. The van der Waals surface area contributed by atoms with E-state index < -0.39 is 0 Å². The highest BCUT2D eigenvalue weighted by Gasteiger charge is 2.28. The molecule has 2 unspecified atom stereocenters. The van der Waals surface area contributed by atoms with Gasteiger partial charge in [0.15, 0.2) is 13.2 Å². The standard InChI is InChI=1S/C24H28Br2N2O4/c1-15-7-9-21(17(25)11-15)31-13-23(29)27-19-5-3-4-6-20(19)28-24(30)14-32-22-10-8-16(2)12-18(22)26/h7-12,19-20H,3-6,13-14H2,1-2H3,(H,27,29)(H,28,30). The Kier molecular flexibility index (Phi) is 8.99. The van der Waals surface area contributed by atoms with Crippen LogP contribution in [0.1, 0.15) is 36.8 Å². The van der Waals surface area contributed by atoms with Gasteiger partial charge in [-0.15, -0.1) is 0 Å². The van der Waals surface area contributed by atoms with Crippen molar-refractivity contribution in [2.45, 2.75) is 51.6 Å². The highest BCUT2D eigenvalue weighted by atomic mass is 79.9. The van der Waals surface area contributed by atoms with E-state index in [2.05, 4.69) is 42.5 Å². The lowest BCUT2D eigenvalue weighted by molar-refractivity contribution is -0.127. The molecule has 0 aliphatic heterocycles. The summed E-state index contributed by atoms with van der Waals surface area (Å²) in [7, 11) is 0. The SMILES string of the molecule is Cc1ccc(OCC(=O)NC2CCCCC2NC(=O)COc2ccc(C)cc2Br)c(Br)c1. The van der Waals surface area contributed by atoms with Gasteiger partial charge in [-0.25, -0.2) is 0 Å². The number of hydrogen-bond donors (Lipinski definition) is 2. The van der Waals surface area contributed by atoms with Crippen LogP contribution in [-0.2, 0) is 9.59 Å². The Labute approximate surface area is 205 Å². The molecule has 8 heteroatoms. The molecule has 0 radical (unpaired) electrons. The maximum absolute atomic E-state index is 12.5. The fraction of sp³-hybridized carbons (Fsp3) is 0.417. The van der Waals surface area contributed by atoms with Crippen molar-refractivity contribution in [3.05, 3.63) is 56.5 Å². The Morgan fingerprint density at radius 2 is 1.22 bits per heavy atom. The molecule has 2 aromatic rings. The van der Waals surface area contributed by atoms with E-state index in [1.54, 1.807) is 0 Å². The fourth-order valence-electron chi connectivity index (χ4n) is 3.71. The van der Waals surface area contributed by atoms with Gasteiger partial charge in [0.1, 0.15) is 11.5 Å². The molecule has 1 aliphatic carbocycles. The van der Waals surface area contributed by atoms with Crippen LogP contribution in [0.15, 0.2) is 45.3 Å². The van der Waals surface area contributed by atoms with Gasteiger partial charge in [0.2, 0.25) is 0 Å². The molecule has 0 spiro atoms. The number of aryl methyl sites for hydroxylation is 2. The summed E-state index contributed by atoms with van der Waals surface area (Å²) in [6.45, 7) is 3.82. The van der Waals surface area contributed by atoms with Crippen molar-refractivity contribution in [3.8, 4) is 11.5 Å². The lowest BCUT2D eigenvalue weighted by atomic mass is 9.90. The molecular formula is C24H28Br2N2O4. The molecule has 2 aromatic carbocycles. The smallest absolute Gasteiger partial charge is 0.258 e. The summed E-state index contributed by atoms with van der Waals surface area (Å²) in [5.74, 6) is 0.837. The fourth-order valence-corrected chi connectivity index (χ4v) is 4.92. The summed E-state index contributed by atoms with van der Waals surface area (Å²) in [5, 5.41) is 6.04. The molecule has 6 nitrogen and oxygen atoms in total. The molecule has 0 aromatic heterocycles. The molecule has 172 valence electrons. The number of amides is 2. The summed E-state index contributed by atoms with van der Waals surface area (Å²) in [4.78, 5) is 25.0. The number of ether oxygens (including phenoxy) is 2. The van der Waals surface area contributed by atoms with Crippen molar-refractivity contribution in [1.29, 1.82) is 0 Å². The number of rotatable bonds is 8. The largest absolute Gasteiger partial charge is 0.483 e. The van der Waals surface area contributed by atoms with Crippen molar-refractivity contribution < 1.29 is 19.1 Å². The number of benzene rings is 2. The van der Waals surface area contributed by atoms with E-state index in [4.69, 9.17) is 9.47 Å². The first-order valence-electron chi connectivity index (χ1n) is 10.7. The van der Waals surface area contributed by atoms with E-state index in [-0.39, 0.29) is 37.1 Å². The van der Waals surface area contributed by atoms with Crippen LogP contribution in [0.3, 0.4) is 0 Å². The Morgan fingerprint density at radius 3 is 1.59 bits per heavy atom. The first-order chi connectivity index (χ1) is 15.3. The van der Waals surface area contributed by atoms with Crippen molar-refractivity contribution in [2.75, 3.05) is 13.2 Å². The lowest BCUT2D eigenvalue weighted by Gasteiger charge is -2.32. The van der Waals surface area contributed by atoms with Crippen molar-refractivity contribution in [1.82, 2.24) is 10.6 Å². The molecule has 1 saturated carbocycles. The number of halogens is 2. The lowest BCUT2D eigenvalue weighted by Crippen LogP contribution is -2.54.